The number of hydrogen-bond acceptors (Lipinski definition) is 1. The number of rotatable bonds is 2. The van der Waals surface area contributed by atoms with E-state index in [2.05, 4.69) is 20.9 Å². The summed E-state index contributed by atoms with van der Waals surface area (Å²) < 4.78 is 0.995. The molecule has 0 saturated heterocycles. The van der Waals surface area contributed by atoms with Gasteiger partial charge in [0.05, 0.1) is 5.69 Å². The molecule has 2 N–H and O–H groups in total. The highest BCUT2D eigenvalue weighted by Crippen LogP contribution is 2.18. The highest BCUT2D eigenvalue weighted by molar-refractivity contribution is 9.10. The Morgan fingerprint density at radius 2 is 1.71 bits per heavy atom. The zero-order valence-electron chi connectivity index (χ0n) is 9.01. The molecule has 0 atom stereocenters. The molecule has 0 saturated carbocycles. The summed E-state index contributed by atoms with van der Waals surface area (Å²) in [7, 11) is 0. The minimum absolute atomic E-state index is 0. The Balaban J connectivity index is 0.00000144. The van der Waals surface area contributed by atoms with Gasteiger partial charge >= 0.3 is 0 Å². The molecular formula is C13H12BrClN2. The van der Waals surface area contributed by atoms with E-state index in [1.54, 1.807) is 0 Å². The quantitative estimate of drug-likeness (QED) is 0.663. The topological polar surface area (TPSA) is 38.4 Å². The Hall–Kier alpha value is -1.32. The van der Waals surface area contributed by atoms with Crippen LogP contribution in [0.25, 0.3) is 0 Å². The lowest BCUT2D eigenvalue weighted by Gasteiger charge is -2.00. The standard InChI is InChI=1S/C13H11BrN2.ClH/c14-11-7-4-8-12(9-11)16-13(15)10-5-2-1-3-6-10;/h1-9H,(H2,15,16);1H. The Morgan fingerprint density at radius 3 is 2.35 bits per heavy atom. The van der Waals surface area contributed by atoms with Crippen LogP contribution in [0.1, 0.15) is 5.56 Å². The van der Waals surface area contributed by atoms with E-state index in [4.69, 9.17) is 5.73 Å². The molecule has 0 radical (unpaired) electrons. The van der Waals surface area contributed by atoms with Crippen LogP contribution in [0.4, 0.5) is 5.69 Å². The maximum absolute atomic E-state index is 5.91. The van der Waals surface area contributed by atoms with E-state index in [1.165, 1.54) is 0 Å². The second-order valence-corrected chi connectivity index (χ2v) is 4.26. The van der Waals surface area contributed by atoms with Gasteiger partial charge in [-0.25, -0.2) is 4.99 Å². The highest BCUT2D eigenvalue weighted by Gasteiger charge is 1.97. The van der Waals surface area contributed by atoms with Gasteiger partial charge in [0.25, 0.3) is 0 Å². The fourth-order valence-corrected chi connectivity index (χ4v) is 1.75. The monoisotopic (exact) mass is 310 g/mol. The van der Waals surface area contributed by atoms with Gasteiger partial charge in [-0.1, -0.05) is 52.3 Å². The minimum atomic E-state index is 0. The first kappa shape index (κ1) is 13.7. The Kier molecular flexibility index (Phi) is 5.19. The number of amidine groups is 1. The van der Waals surface area contributed by atoms with Crippen molar-refractivity contribution < 1.29 is 0 Å². The van der Waals surface area contributed by atoms with Crippen molar-refractivity contribution in [1.29, 1.82) is 0 Å². The summed E-state index contributed by atoms with van der Waals surface area (Å²) in [4.78, 5) is 4.35. The van der Waals surface area contributed by atoms with E-state index in [0.29, 0.717) is 5.84 Å². The molecule has 0 amide bonds. The molecule has 2 aromatic carbocycles. The second-order valence-electron chi connectivity index (χ2n) is 3.34. The molecule has 0 unspecified atom stereocenters. The van der Waals surface area contributed by atoms with Crippen LogP contribution in [-0.2, 0) is 0 Å². The molecule has 0 spiro atoms. The molecule has 0 aliphatic heterocycles. The van der Waals surface area contributed by atoms with Crippen molar-refractivity contribution in [3.05, 3.63) is 64.6 Å². The van der Waals surface area contributed by atoms with Crippen LogP contribution < -0.4 is 5.73 Å². The van der Waals surface area contributed by atoms with Gasteiger partial charge in [-0.2, -0.15) is 0 Å². The van der Waals surface area contributed by atoms with Gasteiger partial charge < -0.3 is 5.73 Å². The normalized spacial score (nSPS) is 10.8. The maximum Gasteiger partial charge on any atom is 0.131 e. The molecule has 0 aliphatic carbocycles. The first-order valence-corrected chi connectivity index (χ1v) is 5.70. The highest BCUT2D eigenvalue weighted by atomic mass is 79.9. The average molecular weight is 312 g/mol. The predicted octanol–water partition coefficient (Wildman–Crippen LogP) is 3.91. The smallest absolute Gasteiger partial charge is 0.131 e. The summed E-state index contributed by atoms with van der Waals surface area (Å²) in [6.45, 7) is 0. The number of halogens is 2. The van der Waals surface area contributed by atoms with Gasteiger partial charge in [-0.05, 0) is 18.2 Å². The predicted molar refractivity (Wildman–Crippen MR) is 78.2 cm³/mol. The number of benzene rings is 2. The summed E-state index contributed by atoms with van der Waals surface area (Å²) in [5, 5.41) is 0. The summed E-state index contributed by atoms with van der Waals surface area (Å²) in [5.41, 5.74) is 7.69. The van der Waals surface area contributed by atoms with Crippen molar-refractivity contribution in [3.63, 3.8) is 0 Å². The van der Waals surface area contributed by atoms with Crippen LogP contribution in [0.2, 0.25) is 0 Å². The van der Waals surface area contributed by atoms with Crippen molar-refractivity contribution in [1.82, 2.24) is 0 Å². The summed E-state index contributed by atoms with van der Waals surface area (Å²) in [6, 6.07) is 17.5. The third-order valence-corrected chi connectivity index (χ3v) is 2.62. The lowest BCUT2D eigenvalue weighted by molar-refractivity contribution is 1.44. The molecule has 0 aromatic heterocycles. The van der Waals surface area contributed by atoms with Crippen molar-refractivity contribution in [2.24, 2.45) is 10.7 Å². The molecule has 0 aliphatic rings. The molecule has 0 bridgehead atoms. The van der Waals surface area contributed by atoms with Crippen LogP contribution in [0, 0.1) is 0 Å². The number of nitrogens with zero attached hydrogens (tertiary/aromatic N) is 1. The van der Waals surface area contributed by atoms with Gasteiger partial charge in [0.2, 0.25) is 0 Å². The van der Waals surface area contributed by atoms with E-state index in [-0.39, 0.29) is 12.4 Å². The number of hydrogen-bond donors (Lipinski definition) is 1. The molecule has 0 heterocycles. The molecule has 2 nitrogen and oxygen atoms in total. The Morgan fingerprint density at radius 1 is 1.00 bits per heavy atom. The fraction of sp³-hybridized carbons (Fsp3) is 0. The Labute approximate surface area is 115 Å². The Bertz CT molecular complexity index is 512. The first-order chi connectivity index (χ1) is 7.75. The lowest BCUT2D eigenvalue weighted by atomic mass is 10.2. The molecular weight excluding hydrogens is 300 g/mol. The molecule has 2 rings (SSSR count). The maximum atomic E-state index is 5.91. The van der Waals surface area contributed by atoms with Gasteiger partial charge in [-0.3, -0.25) is 0 Å². The van der Waals surface area contributed by atoms with E-state index in [9.17, 15) is 0 Å². The van der Waals surface area contributed by atoms with E-state index < -0.39 is 0 Å². The first-order valence-electron chi connectivity index (χ1n) is 4.91. The van der Waals surface area contributed by atoms with E-state index in [0.717, 1.165) is 15.7 Å². The third-order valence-electron chi connectivity index (χ3n) is 2.13. The van der Waals surface area contributed by atoms with Gasteiger partial charge in [-0.15, -0.1) is 12.4 Å². The van der Waals surface area contributed by atoms with Crippen LogP contribution in [0.15, 0.2) is 64.1 Å². The SMILES string of the molecule is Cl.NC(=Nc1cccc(Br)c1)c1ccccc1. The number of aliphatic imine (C=N–C) groups is 1. The van der Waals surface area contributed by atoms with Crippen LogP contribution in [0.3, 0.4) is 0 Å². The van der Waals surface area contributed by atoms with Crippen molar-refractivity contribution in [2.75, 3.05) is 0 Å². The van der Waals surface area contributed by atoms with Crippen molar-refractivity contribution in [3.8, 4) is 0 Å². The zero-order valence-corrected chi connectivity index (χ0v) is 11.4. The summed E-state index contributed by atoms with van der Waals surface area (Å²) in [6.07, 6.45) is 0. The lowest BCUT2D eigenvalue weighted by Crippen LogP contribution is -2.12. The zero-order chi connectivity index (χ0) is 11.4. The fourth-order valence-electron chi connectivity index (χ4n) is 1.36. The van der Waals surface area contributed by atoms with Gasteiger partial charge in [0.15, 0.2) is 0 Å². The summed E-state index contributed by atoms with van der Waals surface area (Å²) in [5.74, 6) is 0.527. The molecule has 17 heavy (non-hydrogen) atoms. The van der Waals surface area contributed by atoms with Crippen LogP contribution in [0.5, 0.6) is 0 Å². The average Bonchev–Trinajstić information content (AvgIpc) is 2.30. The summed E-state index contributed by atoms with van der Waals surface area (Å²) >= 11 is 3.40. The van der Waals surface area contributed by atoms with Gasteiger partial charge in [0.1, 0.15) is 5.84 Å². The molecule has 2 aromatic rings. The van der Waals surface area contributed by atoms with Gasteiger partial charge in [0, 0.05) is 10.0 Å². The van der Waals surface area contributed by atoms with Crippen molar-refractivity contribution in [2.45, 2.75) is 0 Å². The van der Waals surface area contributed by atoms with Crippen LogP contribution in [-0.4, -0.2) is 5.84 Å². The minimum Gasteiger partial charge on any atom is -0.383 e. The van der Waals surface area contributed by atoms with Crippen LogP contribution >= 0.6 is 28.3 Å². The molecule has 88 valence electrons. The molecule has 0 fully saturated rings. The second kappa shape index (κ2) is 6.42. The molecule has 4 heteroatoms. The van der Waals surface area contributed by atoms with Crippen molar-refractivity contribution >= 4 is 39.9 Å². The third kappa shape index (κ3) is 3.88. The van der Waals surface area contributed by atoms with E-state index in [1.807, 2.05) is 54.6 Å². The largest absolute Gasteiger partial charge is 0.383 e. The number of nitrogens with two attached hydrogens (primary N) is 1. The van der Waals surface area contributed by atoms with E-state index >= 15 is 0 Å².